The fourth-order valence-electron chi connectivity index (χ4n) is 14.9. The molecule has 0 radical (unpaired) electrons. The van der Waals surface area contributed by atoms with Crippen LogP contribution in [0, 0.1) is 41.5 Å². The first-order chi connectivity index (χ1) is 57.1. The highest BCUT2D eigenvalue weighted by molar-refractivity contribution is 7.89. The molecule has 684 valence electrons. The van der Waals surface area contributed by atoms with Crippen molar-refractivity contribution in [3.63, 3.8) is 0 Å². The summed E-state index contributed by atoms with van der Waals surface area (Å²) in [6.07, 6.45) is 7.09. The van der Waals surface area contributed by atoms with Gasteiger partial charge in [0, 0.05) is 129 Å². The number of nitrogens with one attached hydrogen (secondary N) is 4. The van der Waals surface area contributed by atoms with Crippen molar-refractivity contribution >= 4 is 108 Å². The molecule has 0 unspecified atom stereocenters. The zero-order valence-electron chi connectivity index (χ0n) is 75.5. The van der Waals surface area contributed by atoms with Crippen LogP contribution < -0.4 is 50.2 Å². The molecule has 5 amide bonds. The third kappa shape index (κ3) is 31.3. The number of piperidine rings is 3. The van der Waals surface area contributed by atoms with Gasteiger partial charge in [-0.25, -0.2) is 25.3 Å². The lowest BCUT2D eigenvalue weighted by atomic mass is 10.0. The van der Waals surface area contributed by atoms with Crippen molar-refractivity contribution in [1.29, 1.82) is 0 Å². The molecule has 9 rings (SSSR count). The molecule has 3 aliphatic heterocycles. The van der Waals surface area contributed by atoms with E-state index in [-0.39, 0.29) is 77.6 Å². The summed E-state index contributed by atoms with van der Waals surface area (Å²) < 4.78 is 101. The predicted octanol–water partition coefficient (Wildman–Crippen LogP) is 7.43. The van der Waals surface area contributed by atoms with Gasteiger partial charge in [0.25, 0.3) is 6.47 Å². The summed E-state index contributed by atoms with van der Waals surface area (Å²) in [5, 5.41) is 10.5. The number of aryl methyl sites for hydroxylation is 6. The van der Waals surface area contributed by atoms with Crippen molar-refractivity contribution in [3.8, 4) is 17.2 Å². The predicted molar refractivity (Wildman–Crippen MR) is 489 cm³/mol. The average molecular weight is 1810 g/mol. The minimum absolute atomic E-state index is 0. The van der Waals surface area contributed by atoms with E-state index < -0.39 is 67.4 Å². The van der Waals surface area contributed by atoms with E-state index in [1.165, 1.54) is 91.0 Å². The van der Waals surface area contributed by atoms with Crippen LogP contribution in [0.1, 0.15) is 88.6 Å². The zero-order valence-corrected chi connectivity index (χ0v) is 79.6. The molecular formula is C87H133Cl2N15O16S3. The molecule has 3 fully saturated rings. The van der Waals surface area contributed by atoms with E-state index in [0.717, 1.165) is 88.5 Å². The van der Waals surface area contributed by atoms with Gasteiger partial charge in [0.15, 0.2) is 6.73 Å². The van der Waals surface area contributed by atoms with E-state index in [2.05, 4.69) is 146 Å². The minimum atomic E-state index is -3.92. The van der Waals surface area contributed by atoms with Gasteiger partial charge in [0.1, 0.15) is 17.2 Å². The Morgan fingerprint density at radius 1 is 0.398 bits per heavy atom. The molecule has 0 bridgehead atoms. The van der Waals surface area contributed by atoms with Crippen molar-refractivity contribution in [2.24, 2.45) is 0 Å². The number of nitrogens with zero attached hydrogens (tertiary/aromatic N) is 11. The molecular weight excluding hydrogens is 1680 g/mol. The van der Waals surface area contributed by atoms with Crippen LogP contribution in [-0.4, -0.2) is 301 Å². The Morgan fingerprint density at radius 3 is 0.870 bits per heavy atom. The van der Waals surface area contributed by atoms with Crippen molar-refractivity contribution in [2.45, 2.75) is 133 Å². The van der Waals surface area contributed by atoms with Crippen molar-refractivity contribution < 1.29 is 73.0 Å². The monoisotopic (exact) mass is 1810 g/mol. The van der Waals surface area contributed by atoms with Crippen molar-refractivity contribution in [1.82, 2.24) is 58.7 Å². The van der Waals surface area contributed by atoms with Crippen LogP contribution in [0.5, 0.6) is 17.2 Å². The summed E-state index contributed by atoms with van der Waals surface area (Å²) in [5.74, 6) is -0.544. The van der Waals surface area contributed by atoms with Crippen LogP contribution in [0.15, 0.2) is 124 Å². The number of carbonyl (C=O) groups is 6. The quantitative estimate of drug-likeness (QED) is 0.0173. The Hall–Kier alpha value is -8.91. The van der Waals surface area contributed by atoms with Crippen LogP contribution in [0.4, 0.5) is 17.1 Å². The summed E-state index contributed by atoms with van der Waals surface area (Å²) in [5.41, 5.74) is 10.2. The topological polar surface area (TPSA) is 326 Å². The van der Waals surface area contributed by atoms with Crippen molar-refractivity contribution in [3.05, 3.63) is 159 Å². The van der Waals surface area contributed by atoms with Gasteiger partial charge in [-0.2, -0.15) is 12.9 Å². The number of anilines is 3. The van der Waals surface area contributed by atoms with E-state index >= 15 is 0 Å². The van der Waals surface area contributed by atoms with Gasteiger partial charge < -0.3 is 79.4 Å². The Balaban J connectivity index is 0.000000359. The Bertz CT molecular complexity index is 4490. The van der Waals surface area contributed by atoms with Crippen LogP contribution >= 0.6 is 24.8 Å². The van der Waals surface area contributed by atoms with Crippen LogP contribution in [0.3, 0.4) is 0 Å². The molecule has 3 aliphatic rings. The smallest absolute Gasteiger partial charge is 0.294 e. The fraction of sp³-hybridized carbons (Fsp3) is 0.517. The largest absolute Gasteiger partial charge is 0.497 e. The van der Waals surface area contributed by atoms with E-state index in [0.29, 0.717) is 75.8 Å². The number of hydrogen-bond acceptors (Lipinski definition) is 23. The van der Waals surface area contributed by atoms with Crippen LogP contribution in [0.2, 0.25) is 0 Å². The summed E-state index contributed by atoms with van der Waals surface area (Å²) >= 11 is 0. The first-order valence-corrected chi connectivity index (χ1v) is 44.8. The molecule has 123 heavy (non-hydrogen) atoms. The molecule has 31 nitrogen and oxygen atoms in total. The minimum Gasteiger partial charge on any atom is -0.497 e. The van der Waals surface area contributed by atoms with Crippen LogP contribution in [0.25, 0.3) is 0 Å². The Kier molecular flexibility index (Phi) is 43.5. The number of likely N-dealkylation sites (N-methyl/N-ethyl adjacent to an activating group) is 5. The summed E-state index contributed by atoms with van der Waals surface area (Å²) in [4.78, 5) is 89.7. The average Bonchev–Trinajstić information content (AvgIpc) is 0.790. The maximum atomic E-state index is 13.1. The molecule has 36 heteroatoms. The number of sulfonamides is 3. The molecule has 4 N–H and O–H groups in total. The van der Waals surface area contributed by atoms with Gasteiger partial charge in [-0.15, -0.1) is 24.8 Å². The zero-order chi connectivity index (χ0) is 89.8. The number of benzene rings is 6. The highest BCUT2D eigenvalue weighted by atomic mass is 35.5. The molecule has 0 saturated carbocycles. The molecule has 0 atom stereocenters. The number of halogens is 2. The van der Waals surface area contributed by atoms with E-state index in [4.69, 9.17) is 14.2 Å². The standard InChI is InChI=1S/2C29H43N5O5S.C15H25N3.C14H20N2O6S.2ClH/c2*1-21-16-26(39-7)17-22(2)29(21)40(37,38)33(6)20-27(35)30-18-28(36)32(5)19-23-8-10-25(11-9-23)34-14-12-24(13-15-34)31(3)4;1-16-12-13-4-6-15(7-5-13)18-10-8-14(9-11-18)17(2)3;1-10-5-12(21-4)6-11(2)14(10)23(19,20)16(3)7-13(18)15-8-22-9-17;;/h2*8-11,16-17,24H,12-15,18-20H2,1-7H3,(H,30,35);4-7,14,16H,8-12H2,1-3H3;5-6,9H,7-8H2,1-4H3,(H,15,18);2*1H. The lowest BCUT2D eigenvalue weighted by Crippen LogP contribution is -2.43. The third-order valence-electron chi connectivity index (χ3n) is 22.0. The number of rotatable bonds is 34. The maximum Gasteiger partial charge on any atom is 0.294 e. The molecule has 6 aromatic carbocycles. The third-order valence-corrected chi connectivity index (χ3v) is 28.3. The molecule has 0 aromatic heterocycles. The second kappa shape index (κ2) is 50.3. The second-order valence-corrected chi connectivity index (χ2v) is 37.6. The van der Waals surface area contributed by atoms with Gasteiger partial charge in [0.2, 0.25) is 59.6 Å². The van der Waals surface area contributed by atoms with Gasteiger partial charge in [-0.05, 0) is 252 Å². The number of hydrogen-bond donors (Lipinski definition) is 4. The molecule has 3 saturated heterocycles. The first kappa shape index (κ1) is 106. The molecule has 6 aromatic rings. The number of carbonyl (C=O) groups excluding carboxylic acids is 6. The number of methoxy groups -OCH3 is 3. The van der Waals surface area contributed by atoms with Gasteiger partial charge in [-0.1, -0.05) is 36.4 Å². The summed E-state index contributed by atoms with van der Waals surface area (Å²) in [7, 11) is 15.1. The molecule has 3 heterocycles. The highest BCUT2D eigenvalue weighted by Crippen LogP contribution is 2.32. The fourth-order valence-corrected chi connectivity index (χ4v) is 19.5. The van der Waals surface area contributed by atoms with E-state index in [1.54, 1.807) is 102 Å². The van der Waals surface area contributed by atoms with E-state index in [9.17, 15) is 54.0 Å². The summed E-state index contributed by atoms with van der Waals surface area (Å²) in [6.45, 7) is 16.5. The molecule has 0 aliphatic carbocycles. The lowest BCUT2D eigenvalue weighted by Gasteiger charge is -2.36. The lowest BCUT2D eigenvalue weighted by molar-refractivity contribution is -0.132. The number of amides is 5. The summed E-state index contributed by atoms with van der Waals surface area (Å²) in [6, 6.07) is 37.2. The van der Waals surface area contributed by atoms with Crippen molar-refractivity contribution in [2.75, 3.05) is 199 Å². The Labute approximate surface area is 743 Å². The first-order valence-electron chi connectivity index (χ1n) is 40.4. The Morgan fingerprint density at radius 2 is 0.642 bits per heavy atom. The highest BCUT2D eigenvalue weighted by Gasteiger charge is 2.32. The van der Waals surface area contributed by atoms with Crippen LogP contribution in [-0.2, 0) is 83.2 Å². The van der Waals surface area contributed by atoms with Gasteiger partial charge >= 0.3 is 0 Å². The van der Waals surface area contributed by atoms with E-state index in [1.807, 2.05) is 31.3 Å². The van der Waals surface area contributed by atoms with Gasteiger partial charge in [0.05, 0.1) is 68.7 Å². The van der Waals surface area contributed by atoms with Gasteiger partial charge in [-0.3, -0.25) is 28.8 Å². The maximum absolute atomic E-state index is 13.1. The SMILES string of the molecule is CNCc1ccc(N2CCC(N(C)C)CC2)cc1.COc1cc(C)c(S(=O)(=O)N(C)CC(=O)NCC(=O)N(C)Cc2ccc(N3CCC(N(C)C)CC3)cc2)c(C)c1.COc1cc(C)c(S(=O)(=O)N(C)CC(=O)NCC(=O)N(C)Cc2ccc(N3CCC(N(C)C)CC3)cc2)c(C)c1.COc1cc(C)c(S(=O)(=O)N(C)CC(=O)NCOC=O)c(C)c1.Cl.Cl. The number of ether oxygens (including phenoxy) is 4. The second-order valence-electron chi connectivity index (χ2n) is 31.7. The normalized spacial score (nSPS) is 14.1. The molecule has 0 spiro atoms.